The lowest BCUT2D eigenvalue weighted by Gasteiger charge is -2.23. The van der Waals surface area contributed by atoms with Gasteiger partial charge in [-0.05, 0) is 12.8 Å². The molecule has 1 aliphatic rings. The lowest BCUT2D eigenvalue weighted by Crippen LogP contribution is -2.37. The van der Waals surface area contributed by atoms with E-state index in [2.05, 4.69) is 9.97 Å². The van der Waals surface area contributed by atoms with Crippen LogP contribution in [0.5, 0.6) is 0 Å². The second kappa shape index (κ2) is 4.65. The van der Waals surface area contributed by atoms with Crippen LogP contribution in [0.2, 0.25) is 5.02 Å². The molecular weight excluding hydrogens is 230 g/mol. The molecule has 6 heteroatoms. The molecule has 16 heavy (non-hydrogen) atoms. The van der Waals surface area contributed by atoms with Gasteiger partial charge in [0.25, 0.3) is 0 Å². The van der Waals surface area contributed by atoms with Gasteiger partial charge in [-0.1, -0.05) is 11.6 Å². The molecule has 1 aromatic heterocycles. The zero-order valence-electron chi connectivity index (χ0n) is 8.89. The smallest absolute Gasteiger partial charge is 0.328 e. The summed E-state index contributed by atoms with van der Waals surface area (Å²) >= 11 is 6.00. The zero-order chi connectivity index (χ0) is 11.5. The summed E-state index contributed by atoms with van der Waals surface area (Å²) in [5, 5.41) is 0.457. The van der Waals surface area contributed by atoms with E-state index in [0.29, 0.717) is 10.8 Å². The summed E-state index contributed by atoms with van der Waals surface area (Å²) in [6.45, 7) is 0.760. The number of hydrogen-bond acceptors (Lipinski definition) is 5. The molecule has 0 saturated carbocycles. The summed E-state index contributed by atoms with van der Waals surface area (Å²) in [6.07, 6.45) is 4.65. The first-order chi connectivity index (χ1) is 7.74. The molecule has 0 aliphatic carbocycles. The van der Waals surface area contributed by atoms with Gasteiger partial charge >= 0.3 is 5.97 Å². The molecule has 1 fully saturated rings. The summed E-state index contributed by atoms with van der Waals surface area (Å²) < 4.78 is 4.76. The molecule has 0 aromatic carbocycles. The van der Waals surface area contributed by atoms with Crippen molar-refractivity contribution in [1.29, 1.82) is 0 Å². The molecule has 2 rings (SSSR count). The van der Waals surface area contributed by atoms with Crippen LogP contribution < -0.4 is 4.90 Å². The molecule has 1 atom stereocenters. The van der Waals surface area contributed by atoms with Crippen molar-refractivity contribution >= 4 is 23.4 Å². The van der Waals surface area contributed by atoms with Gasteiger partial charge in [0.05, 0.1) is 13.3 Å². The Morgan fingerprint density at radius 2 is 2.50 bits per heavy atom. The van der Waals surface area contributed by atoms with Crippen molar-refractivity contribution in [2.45, 2.75) is 18.9 Å². The highest BCUT2D eigenvalue weighted by atomic mass is 35.5. The zero-order valence-corrected chi connectivity index (χ0v) is 9.65. The molecule has 1 unspecified atom stereocenters. The Bertz CT molecular complexity index is 399. The number of anilines is 1. The van der Waals surface area contributed by atoms with Gasteiger partial charge in [-0.15, -0.1) is 0 Å². The fraction of sp³-hybridized carbons (Fsp3) is 0.500. The van der Waals surface area contributed by atoms with Gasteiger partial charge in [-0.25, -0.2) is 14.8 Å². The van der Waals surface area contributed by atoms with Crippen LogP contribution in [-0.2, 0) is 9.53 Å². The van der Waals surface area contributed by atoms with E-state index in [1.54, 1.807) is 0 Å². The molecule has 5 nitrogen and oxygen atoms in total. The fourth-order valence-electron chi connectivity index (χ4n) is 1.92. The van der Waals surface area contributed by atoms with Crippen LogP contribution in [-0.4, -0.2) is 35.6 Å². The maximum Gasteiger partial charge on any atom is 0.328 e. The largest absolute Gasteiger partial charge is 0.467 e. The number of hydrogen-bond donors (Lipinski definition) is 0. The van der Waals surface area contributed by atoms with Crippen molar-refractivity contribution in [3.05, 3.63) is 17.5 Å². The third-order valence-electron chi connectivity index (χ3n) is 2.65. The Balaban J connectivity index is 2.27. The van der Waals surface area contributed by atoms with Crippen molar-refractivity contribution < 1.29 is 9.53 Å². The standard InChI is InChI=1S/C10H12ClN3O2/c1-16-10(15)8-3-2-4-14(8)9-7(11)5-12-6-13-9/h5-6,8H,2-4H2,1H3. The molecule has 0 N–H and O–H groups in total. The monoisotopic (exact) mass is 241 g/mol. The number of esters is 1. The summed E-state index contributed by atoms with van der Waals surface area (Å²) in [5.74, 6) is 0.358. The predicted molar refractivity (Wildman–Crippen MR) is 59.4 cm³/mol. The van der Waals surface area contributed by atoms with E-state index < -0.39 is 0 Å². The summed E-state index contributed by atoms with van der Waals surface area (Å²) in [4.78, 5) is 21.4. The van der Waals surface area contributed by atoms with E-state index in [0.717, 1.165) is 19.4 Å². The van der Waals surface area contributed by atoms with Crippen LogP contribution in [0.3, 0.4) is 0 Å². The van der Waals surface area contributed by atoms with Crippen LogP contribution in [0, 0.1) is 0 Å². The highest BCUT2D eigenvalue weighted by molar-refractivity contribution is 6.32. The Morgan fingerprint density at radius 1 is 1.69 bits per heavy atom. The Morgan fingerprint density at radius 3 is 3.19 bits per heavy atom. The van der Waals surface area contributed by atoms with E-state index in [-0.39, 0.29) is 12.0 Å². The minimum absolute atomic E-state index is 0.243. The van der Waals surface area contributed by atoms with Crippen molar-refractivity contribution in [3.8, 4) is 0 Å². The molecule has 0 spiro atoms. The summed E-state index contributed by atoms with van der Waals surface area (Å²) in [5.41, 5.74) is 0. The number of ether oxygens (including phenoxy) is 1. The number of nitrogens with zero attached hydrogens (tertiary/aromatic N) is 3. The number of methoxy groups -OCH3 is 1. The molecular formula is C10H12ClN3O2. The van der Waals surface area contributed by atoms with Crippen molar-refractivity contribution in [3.63, 3.8) is 0 Å². The topological polar surface area (TPSA) is 55.3 Å². The summed E-state index contributed by atoms with van der Waals surface area (Å²) in [7, 11) is 1.39. The maximum atomic E-state index is 11.6. The molecule has 86 valence electrons. The normalized spacial score (nSPS) is 19.9. The molecule has 2 heterocycles. The van der Waals surface area contributed by atoms with Crippen LogP contribution in [0.15, 0.2) is 12.5 Å². The average Bonchev–Trinajstić information content (AvgIpc) is 2.77. The van der Waals surface area contributed by atoms with Gasteiger partial charge in [0.15, 0.2) is 5.82 Å². The van der Waals surface area contributed by atoms with Crippen LogP contribution in [0.25, 0.3) is 0 Å². The number of rotatable bonds is 2. The maximum absolute atomic E-state index is 11.6. The van der Waals surface area contributed by atoms with Gasteiger partial charge in [0, 0.05) is 6.54 Å². The molecule has 0 radical (unpaired) electrons. The first kappa shape index (κ1) is 11.1. The van der Waals surface area contributed by atoms with E-state index in [1.807, 2.05) is 4.90 Å². The van der Waals surface area contributed by atoms with Gasteiger partial charge in [0.1, 0.15) is 17.4 Å². The van der Waals surface area contributed by atoms with E-state index in [9.17, 15) is 4.79 Å². The fourth-order valence-corrected chi connectivity index (χ4v) is 2.13. The van der Waals surface area contributed by atoms with Crippen LogP contribution in [0.1, 0.15) is 12.8 Å². The second-order valence-corrected chi connectivity index (χ2v) is 3.98. The number of carbonyl (C=O) groups is 1. The minimum atomic E-state index is -0.280. The number of carbonyl (C=O) groups excluding carboxylic acids is 1. The molecule has 1 aliphatic heterocycles. The third-order valence-corrected chi connectivity index (χ3v) is 2.91. The Labute approximate surface area is 98.4 Å². The van der Waals surface area contributed by atoms with E-state index >= 15 is 0 Å². The SMILES string of the molecule is COC(=O)C1CCCN1c1ncncc1Cl. The Hall–Kier alpha value is -1.36. The van der Waals surface area contributed by atoms with Crippen molar-refractivity contribution in [2.75, 3.05) is 18.6 Å². The first-order valence-corrected chi connectivity index (χ1v) is 5.42. The molecule has 1 aromatic rings. The third kappa shape index (κ3) is 1.95. The molecule has 0 amide bonds. The van der Waals surface area contributed by atoms with Crippen LogP contribution >= 0.6 is 11.6 Å². The average molecular weight is 242 g/mol. The van der Waals surface area contributed by atoms with Crippen molar-refractivity contribution in [1.82, 2.24) is 9.97 Å². The quantitative estimate of drug-likeness (QED) is 0.730. The Kier molecular flexibility index (Phi) is 3.24. The number of aromatic nitrogens is 2. The van der Waals surface area contributed by atoms with Crippen molar-refractivity contribution in [2.24, 2.45) is 0 Å². The number of halogens is 1. The van der Waals surface area contributed by atoms with Gasteiger partial charge in [-0.3, -0.25) is 0 Å². The van der Waals surface area contributed by atoms with E-state index in [1.165, 1.54) is 19.6 Å². The highest BCUT2D eigenvalue weighted by Crippen LogP contribution is 2.29. The first-order valence-electron chi connectivity index (χ1n) is 5.04. The van der Waals surface area contributed by atoms with Gasteiger partial charge < -0.3 is 9.64 Å². The minimum Gasteiger partial charge on any atom is -0.467 e. The van der Waals surface area contributed by atoms with Gasteiger partial charge in [0.2, 0.25) is 0 Å². The lowest BCUT2D eigenvalue weighted by atomic mass is 10.2. The lowest BCUT2D eigenvalue weighted by molar-refractivity contribution is -0.141. The summed E-state index contributed by atoms with van der Waals surface area (Å²) in [6, 6.07) is -0.280. The van der Waals surface area contributed by atoms with Gasteiger partial charge in [-0.2, -0.15) is 0 Å². The second-order valence-electron chi connectivity index (χ2n) is 3.57. The highest BCUT2D eigenvalue weighted by Gasteiger charge is 2.33. The molecule has 1 saturated heterocycles. The van der Waals surface area contributed by atoms with Crippen LogP contribution in [0.4, 0.5) is 5.82 Å². The molecule has 0 bridgehead atoms. The predicted octanol–water partition coefficient (Wildman–Crippen LogP) is 1.27. The van der Waals surface area contributed by atoms with E-state index in [4.69, 9.17) is 16.3 Å².